The van der Waals surface area contributed by atoms with Crippen LogP contribution in [0.4, 0.5) is 5.69 Å². The normalized spacial score (nSPS) is 17.8. The second-order valence-corrected chi connectivity index (χ2v) is 5.02. The minimum absolute atomic E-state index is 0.0226. The van der Waals surface area contributed by atoms with Crippen LogP contribution in [-0.4, -0.2) is 31.6 Å². The number of carbonyl (C=O) groups excluding carboxylic acids is 2. The van der Waals surface area contributed by atoms with E-state index in [0.717, 1.165) is 17.7 Å². The van der Waals surface area contributed by atoms with Gasteiger partial charge in [0.2, 0.25) is 11.8 Å². The molecule has 5 heteroatoms. The van der Waals surface area contributed by atoms with Crippen LogP contribution in [0.25, 0.3) is 0 Å². The van der Waals surface area contributed by atoms with Gasteiger partial charge in [-0.1, -0.05) is 17.7 Å². The van der Waals surface area contributed by atoms with E-state index in [1.54, 1.807) is 0 Å². The average Bonchev–Trinajstić information content (AvgIpc) is 2.95. The molecule has 2 N–H and O–H groups in total. The van der Waals surface area contributed by atoms with Gasteiger partial charge in [0, 0.05) is 25.3 Å². The van der Waals surface area contributed by atoms with E-state index in [-0.39, 0.29) is 24.2 Å². The summed E-state index contributed by atoms with van der Waals surface area (Å²) in [7, 11) is 0. The van der Waals surface area contributed by atoms with E-state index in [2.05, 4.69) is 10.6 Å². The van der Waals surface area contributed by atoms with Gasteiger partial charge in [-0.05, 0) is 25.5 Å². The summed E-state index contributed by atoms with van der Waals surface area (Å²) < 4.78 is 5.15. The fraction of sp³-hybridized carbons (Fsp3) is 0.467. The first-order chi connectivity index (χ1) is 9.65. The van der Waals surface area contributed by atoms with Crippen molar-refractivity contribution in [3.8, 4) is 0 Å². The quantitative estimate of drug-likeness (QED) is 0.856. The van der Waals surface area contributed by atoms with Crippen LogP contribution in [-0.2, 0) is 14.3 Å². The predicted octanol–water partition coefficient (Wildman–Crippen LogP) is 1.48. The van der Waals surface area contributed by atoms with Crippen LogP contribution >= 0.6 is 0 Å². The summed E-state index contributed by atoms with van der Waals surface area (Å²) in [6.07, 6.45) is 1.04. The highest BCUT2D eigenvalue weighted by Gasteiger charge is 2.22. The van der Waals surface area contributed by atoms with Crippen LogP contribution in [0.1, 0.15) is 18.4 Å². The van der Waals surface area contributed by atoms with Crippen molar-refractivity contribution in [3.63, 3.8) is 0 Å². The fourth-order valence-electron chi connectivity index (χ4n) is 2.05. The summed E-state index contributed by atoms with van der Waals surface area (Å²) in [5.41, 5.74) is 1.92. The molecule has 0 saturated carbocycles. The molecule has 0 spiro atoms. The average molecular weight is 276 g/mol. The standard InChI is InChI=1S/C15H20N2O3/c1-11-2-4-13(5-3-11)17-14(18)6-8-16-15(19)12-7-9-20-10-12/h2-5,12H,6-10H2,1H3,(H,16,19)(H,17,18). The van der Waals surface area contributed by atoms with Crippen molar-refractivity contribution < 1.29 is 14.3 Å². The number of carbonyl (C=O) groups is 2. The molecule has 1 aromatic carbocycles. The van der Waals surface area contributed by atoms with Crippen molar-refractivity contribution in [3.05, 3.63) is 29.8 Å². The highest BCUT2D eigenvalue weighted by molar-refractivity contribution is 5.91. The Balaban J connectivity index is 1.67. The van der Waals surface area contributed by atoms with Gasteiger partial charge in [-0.25, -0.2) is 0 Å². The zero-order valence-electron chi connectivity index (χ0n) is 11.6. The van der Waals surface area contributed by atoms with Crippen LogP contribution in [0.5, 0.6) is 0 Å². The minimum atomic E-state index is -0.100. The number of nitrogens with one attached hydrogen (secondary N) is 2. The van der Waals surface area contributed by atoms with E-state index in [4.69, 9.17) is 4.74 Å². The highest BCUT2D eigenvalue weighted by Crippen LogP contribution is 2.12. The van der Waals surface area contributed by atoms with Crippen molar-refractivity contribution >= 4 is 17.5 Å². The summed E-state index contributed by atoms with van der Waals surface area (Å²) in [6.45, 7) is 3.48. The van der Waals surface area contributed by atoms with Crippen molar-refractivity contribution in [1.29, 1.82) is 0 Å². The molecule has 1 aliphatic heterocycles. The number of hydrogen-bond donors (Lipinski definition) is 2. The Morgan fingerprint density at radius 3 is 2.70 bits per heavy atom. The monoisotopic (exact) mass is 276 g/mol. The highest BCUT2D eigenvalue weighted by atomic mass is 16.5. The molecule has 1 atom stereocenters. The van der Waals surface area contributed by atoms with Gasteiger partial charge in [0.1, 0.15) is 0 Å². The Hall–Kier alpha value is -1.88. The third kappa shape index (κ3) is 4.35. The van der Waals surface area contributed by atoms with Gasteiger partial charge in [-0.2, -0.15) is 0 Å². The number of benzene rings is 1. The molecule has 0 aliphatic carbocycles. The second-order valence-electron chi connectivity index (χ2n) is 5.02. The molecule has 1 unspecified atom stereocenters. The Labute approximate surface area is 118 Å². The second kappa shape index (κ2) is 7.05. The Morgan fingerprint density at radius 2 is 2.05 bits per heavy atom. The van der Waals surface area contributed by atoms with E-state index >= 15 is 0 Å². The van der Waals surface area contributed by atoms with E-state index in [1.807, 2.05) is 31.2 Å². The molecule has 1 heterocycles. The van der Waals surface area contributed by atoms with Crippen molar-refractivity contribution in [2.75, 3.05) is 25.1 Å². The summed E-state index contributed by atoms with van der Waals surface area (Å²) in [5, 5.41) is 5.57. The summed E-state index contributed by atoms with van der Waals surface area (Å²) >= 11 is 0. The maximum atomic E-state index is 11.7. The van der Waals surface area contributed by atoms with Gasteiger partial charge >= 0.3 is 0 Å². The third-order valence-corrected chi connectivity index (χ3v) is 3.29. The van der Waals surface area contributed by atoms with E-state index < -0.39 is 0 Å². The first-order valence-electron chi connectivity index (χ1n) is 6.87. The van der Waals surface area contributed by atoms with Gasteiger partial charge < -0.3 is 15.4 Å². The maximum absolute atomic E-state index is 11.7. The summed E-state index contributed by atoms with van der Waals surface area (Å²) in [4.78, 5) is 23.4. The van der Waals surface area contributed by atoms with Gasteiger partial charge in [0.15, 0.2) is 0 Å². The Bertz CT molecular complexity index is 465. The molecule has 0 aromatic heterocycles. The summed E-state index contributed by atoms with van der Waals surface area (Å²) in [5.74, 6) is -0.183. The number of rotatable bonds is 5. The Morgan fingerprint density at radius 1 is 1.30 bits per heavy atom. The van der Waals surface area contributed by atoms with Gasteiger partial charge in [-0.3, -0.25) is 9.59 Å². The topological polar surface area (TPSA) is 67.4 Å². The smallest absolute Gasteiger partial charge is 0.226 e. The van der Waals surface area contributed by atoms with Crippen LogP contribution in [0.3, 0.4) is 0 Å². The molecule has 1 aromatic rings. The summed E-state index contributed by atoms with van der Waals surface area (Å²) in [6, 6.07) is 7.61. The maximum Gasteiger partial charge on any atom is 0.226 e. The lowest BCUT2D eigenvalue weighted by Crippen LogP contribution is -2.33. The zero-order valence-corrected chi connectivity index (χ0v) is 11.6. The number of hydrogen-bond acceptors (Lipinski definition) is 3. The molecule has 5 nitrogen and oxygen atoms in total. The molecular weight excluding hydrogens is 256 g/mol. The van der Waals surface area contributed by atoms with Crippen LogP contribution in [0.15, 0.2) is 24.3 Å². The third-order valence-electron chi connectivity index (χ3n) is 3.29. The van der Waals surface area contributed by atoms with E-state index in [1.165, 1.54) is 0 Å². The SMILES string of the molecule is Cc1ccc(NC(=O)CCNC(=O)C2CCOC2)cc1. The molecule has 1 saturated heterocycles. The fourth-order valence-corrected chi connectivity index (χ4v) is 2.05. The first kappa shape index (κ1) is 14.5. The predicted molar refractivity (Wildman–Crippen MR) is 76.4 cm³/mol. The van der Waals surface area contributed by atoms with Crippen molar-refractivity contribution in [2.45, 2.75) is 19.8 Å². The number of anilines is 1. The molecule has 1 aliphatic rings. The first-order valence-corrected chi connectivity index (χ1v) is 6.87. The van der Waals surface area contributed by atoms with E-state index in [0.29, 0.717) is 19.8 Å². The number of amides is 2. The Kier molecular flexibility index (Phi) is 5.12. The lowest BCUT2D eigenvalue weighted by Gasteiger charge is -2.09. The number of ether oxygens (including phenoxy) is 1. The largest absolute Gasteiger partial charge is 0.381 e. The lowest BCUT2D eigenvalue weighted by molar-refractivity contribution is -0.125. The van der Waals surface area contributed by atoms with Crippen LogP contribution in [0.2, 0.25) is 0 Å². The van der Waals surface area contributed by atoms with Crippen molar-refractivity contribution in [2.24, 2.45) is 5.92 Å². The van der Waals surface area contributed by atoms with Gasteiger partial charge in [0.25, 0.3) is 0 Å². The molecular formula is C15H20N2O3. The van der Waals surface area contributed by atoms with Gasteiger partial charge in [-0.15, -0.1) is 0 Å². The minimum Gasteiger partial charge on any atom is -0.381 e. The van der Waals surface area contributed by atoms with Gasteiger partial charge in [0.05, 0.1) is 12.5 Å². The molecule has 108 valence electrons. The number of aryl methyl sites for hydroxylation is 1. The molecule has 2 rings (SSSR count). The molecule has 1 fully saturated rings. The lowest BCUT2D eigenvalue weighted by atomic mass is 10.1. The molecule has 2 amide bonds. The zero-order chi connectivity index (χ0) is 14.4. The molecule has 0 radical (unpaired) electrons. The van der Waals surface area contributed by atoms with Crippen LogP contribution in [0, 0.1) is 12.8 Å². The van der Waals surface area contributed by atoms with Crippen LogP contribution < -0.4 is 10.6 Å². The van der Waals surface area contributed by atoms with Crippen molar-refractivity contribution in [1.82, 2.24) is 5.32 Å². The molecule has 20 heavy (non-hydrogen) atoms. The molecule has 0 bridgehead atoms. The van der Waals surface area contributed by atoms with E-state index in [9.17, 15) is 9.59 Å².